The number of hydrogen-bond acceptors (Lipinski definition) is 5. The molecular weight excluding hydrogens is 282 g/mol. The fourth-order valence-electron chi connectivity index (χ4n) is 2.19. The molecule has 1 heterocycles. The lowest BCUT2D eigenvalue weighted by Gasteiger charge is -2.39. The summed E-state index contributed by atoms with van der Waals surface area (Å²) in [7, 11) is 3.27. The Kier molecular flexibility index (Phi) is 5.40. The van der Waals surface area contributed by atoms with Crippen LogP contribution in [0.5, 0.6) is 0 Å². The largest absolute Gasteiger partial charge is 0.444 e. The first-order valence-electron chi connectivity index (χ1n) is 7.20. The predicted octanol–water partition coefficient (Wildman–Crippen LogP) is 3.00. The van der Waals surface area contributed by atoms with Gasteiger partial charge in [-0.15, -0.1) is 0 Å². The zero-order valence-corrected chi connectivity index (χ0v) is 14.5. The van der Waals surface area contributed by atoms with Gasteiger partial charge >= 0.3 is 6.09 Å². The molecule has 0 aliphatic carbocycles. The van der Waals surface area contributed by atoms with E-state index in [1.54, 1.807) is 32.5 Å². The van der Waals surface area contributed by atoms with E-state index in [9.17, 15) is 4.79 Å². The van der Waals surface area contributed by atoms with E-state index in [0.717, 1.165) is 0 Å². The highest BCUT2D eigenvalue weighted by molar-refractivity contribution is 5.68. The second-order valence-corrected chi connectivity index (χ2v) is 6.82. The molecule has 1 rings (SSSR count). The molecule has 0 saturated carbocycles. The molecule has 0 spiro atoms. The van der Waals surface area contributed by atoms with E-state index in [2.05, 4.69) is 4.98 Å². The van der Waals surface area contributed by atoms with Gasteiger partial charge in [-0.05, 0) is 46.8 Å². The number of amides is 1. The number of anilines is 1. The minimum absolute atomic E-state index is 0.434. The molecule has 1 aromatic rings. The van der Waals surface area contributed by atoms with Crippen LogP contribution in [-0.4, -0.2) is 41.3 Å². The van der Waals surface area contributed by atoms with E-state index >= 15 is 0 Å². The predicted molar refractivity (Wildman–Crippen MR) is 86.5 cm³/mol. The van der Waals surface area contributed by atoms with Gasteiger partial charge in [-0.25, -0.2) is 4.79 Å². The molecule has 6 heteroatoms. The molecule has 22 heavy (non-hydrogen) atoms. The van der Waals surface area contributed by atoms with Crippen LogP contribution in [0.1, 0.15) is 46.4 Å². The number of nitrogens with zero attached hydrogens (tertiary/aromatic N) is 2. The van der Waals surface area contributed by atoms with Gasteiger partial charge < -0.3 is 15.2 Å². The van der Waals surface area contributed by atoms with Crippen LogP contribution in [0.4, 0.5) is 10.5 Å². The molecule has 2 N–H and O–H groups in total. The standard InChI is InChI=1S/C16H27N3O3/c1-15(2,3)22-14(20)19(6)13(16(4,5)21-7)12-10-11(17)8-9-18-12/h8-10,13H,1-7H3,(H2,17,18)/t13-/m1/s1. The smallest absolute Gasteiger partial charge is 0.410 e. The highest BCUT2D eigenvalue weighted by atomic mass is 16.6. The Bertz CT molecular complexity index is 524. The Labute approximate surface area is 132 Å². The van der Waals surface area contributed by atoms with Gasteiger partial charge in [-0.3, -0.25) is 9.88 Å². The fraction of sp³-hybridized carbons (Fsp3) is 0.625. The summed E-state index contributed by atoms with van der Waals surface area (Å²) < 4.78 is 11.0. The maximum Gasteiger partial charge on any atom is 0.410 e. The van der Waals surface area contributed by atoms with Crippen LogP contribution in [0.25, 0.3) is 0 Å². The summed E-state index contributed by atoms with van der Waals surface area (Å²) in [6, 6.07) is 3.01. The molecule has 1 atom stereocenters. The molecule has 0 aliphatic heterocycles. The molecule has 1 aromatic heterocycles. The van der Waals surface area contributed by atoms with E-state index in [1.165, 1.54) is 4.90 Å². The first-order valence-corrected chi connectivity index (χ1v) is 7.20. The molecule has 0 fully saturated rings. The van der Waals surface area contributed by atoms with Gasteiger partial charge in [0, 0.05) is 26.0 Å². The van der Waals surface area contributed by atoms with Crippen molar-refractivity contribution < 1.29 is 14.3 Å². The molecule has 0 aliphatic rings. The number of nitrogens with two attached hydrogens (primary N) is 1. The average Bonchev–Trinajstić information content (AvgIpc) is 2.36. The zero-order valence-electron chi connectivity index (χ0n) is 14.5. The van der Waals surface area contributed by atoms with Gasteiger partial charge in [0.2, 0.25) is 0 Å². The summed E-state index contributed by atoms with van der Waals surface area (Å²) >= 11 is 0. The van der Waals surface area contributed by atoms with Gasteiger partial charge in [-0.1, -0.05) is 0 Å². The van der Waals surface area contributed by atoms with Crippen LogP contribution >= 0.6 is 0 Å². The topological polar surface area (TPSA) is 77.7 Å². The van der Waals surface area contributed by atoms with Crippen molar-refractivity contribution in [3.8, 4) is 0 Å². The van der Waals surface area contributed by atoms with E-state index in [1.807, 2.05) is 34.6 Å². The zero-order chi connectivity index (χ0) is 17.1. The minimum atomic E-state index is -0.660. The lowest BCUT2D eigenvalue weighted by molar-refractivity contribution is -0.0566. The van der Waals surface area contributed by atoms with E-state index in [4.69, 9.17) is 15.2 Å². The number of rotatable bonds is 4. The molecule has 1 amide bonds. The number of methoxy groups -OCH3 is 1. The summed E-state index contributed by atoms with van der Waals surface area (Å²) in [6.45, 7) is 9.27. The second-order valence-electron chi connectivity index (χ2n) is 6.82. The van der Waals surface area contributed by atoms with Crippen molar-refractivity contribution in [1.29, 1.82) is 0 Å². The lowest BCUT2D eigenvalue weighted by Crippen LogP contribution is -2.46. The number of likely N-dealkylation sites (N-methyl/N-ethyl adjacent to an activating group) is 1. The summed E-state index contributed by atoms with van der Waals surface area (Å²) in [5.74, 6) is 0. The Morgan fingerprint density at radius 3 is 2.36 bits per heavy atom. The number of ether oxygens (including phenoxy) is 2. The van der Waals surface area contributed by atoms with Gasteiger partial charge in [0.25, 0.3) is 0 Å². The summed E-state index contributed by atoms with van der Waals surface area (Å²) in [5, 5.41) is 0. The van der Waals surface area contributed by atoms with Gasteiger partial charge in [0.1, 0.15) is 11.6 Å². The number of aromatic nitrogens is 1. The highest BCUT2D eigenvalue weighted by Gasteiger charge is 2.39. The molecule has 0 saturated heterocycles. The molecule has 6 nitrogen and oxygen atoms in total. The summed E-state index contributed by atoms with van der Waals surface area (Å²) in [5.41, 5.74) is 5.85. The van der Waals surface area contributed by atoms with Crippen molar-refractivity contribution in [2.45, 2.75) is 51.9 Å². The average molecular weight is 309 g/mol. The third-order valence-corrected chi connectivity index (χ3v) is 3.34. The molecule has 0 unspecified atom stereocenters. The number of nitrogen functional groups attached to an aromatic ring is 1. The van der Waals surface area contributed by atoms with Crippen LogP contribution in [0, 0.1) is 0 Å². The van der Waals surface area contributed by atoms with Gasteiger partial charge in [-0.2, -0.15) is 0 Å². The number of carbonyl (C=O) groups excluding carboxylic acids is 1. The number of carbonyl (C=O) groups is 1. The Hall–Kier alpha value is -1.82. The SMILES string of the molecule is COC(C)(C)[C@@H](c1cc(N)ccn1)N(C)C(=O)OC(C)(C)C. The van der Waals surface area contributed by atoms with Crippen LogP contribution in [0.15, 0.2) is 18.3 Å². The minimum Gasteiger partial charge on any atom is -0.444 e. The van der Waals surface area contributed by atoms with E-state index in [-0.39, 0.29) is 0 Å². The lowest BCUT2D eigenvalue weighted by atomic mass is 9.93. The molecule has 0 bridgehead atoms. The summed E-state index contributed by atoms with van der Waals surface area (Å²) in [4.78, 5) is 18.3. The van der Waals surface area contributed by atoms with Crippen molar-refractivity contribution in [3.63, 3.8) is 0 Å². The van der Waals surface area contributed by atoms with Gasteiger partial charge in [0.05, 0.1) is 11.3 Å². The van der Waals surface area contributed by atoms with Crippen molar-refractivity contribution >= 4 is 11.8 Å². The third-order valence-electron chi connectivity index (χ3n) is 3.34. The summed E-state index contributed by atoms with van der Waals surface area (Å²) in [6.07, 6.45) is 1.18. The van der Waals surface area contributed by atoms with E-state index < -0.39 is 23.3 Å². The Morgan fingerprint density at radius 2 is 1.91 bits per heavy atom. The van der Waals surface area contributed by atoms with Crippen molar-refractivity contribution in [2.24, 2.45) is 0 Å². The Morgan fingerprint density at radius 1 is 1.32 bits per heavy atom. The molecular formula is C16H27N3O3. The normalized spacial score (nSPS) is 13.6. The van der Waals surface area contributed by atoms with Crippen LogP contribution in [0.2, 0.25) is 0 Å². The van der Waals surface area contributed by atoms with E-state index in [0.29, 0.717) is 11.4 Å². The monoisotopic (exact) mass is 309 g/mol. The van der Waals surface area contributed by atoms with Crippen molar-refractivity contribution in [2.75, 3.05) is 19.9 Å². The first-order chi connectivity index (χ1) is 9.98. The first kappa shape index (κ1) is 18.2. The van der Waals surface area contributed by atoms with Crippen molar-refractivity contribution in [1.82, 2.24) is 9.88 Å². The number of pyridine rings is 1. The fourth-order valence-corrected chi connectivity index (χ4v) is 2.19. The van der Waals surface area contributed by atoms with Crippen molar-refractivity contribution in [3.05, 3.63) is 24.0 Å². The quantitative estimate of drug-likeness (QED) is 0.925. The Balaban J connectivity index is 3.19. The van der Waals surface area contributed by atoms with Crippen LogP contribution in [0.3, 0.4) is 0 Å². The molecule has 0 radical (unpaired) electrons. The number of hydrogen-bond donors (Lipinski definition) is 1. The molecule has 0 aromatic carbocycles. The second kappa shape index (κ2) is 6.52. The molecule has 124 valence electrons. The maximum atomic E-state index is 12.4. The maximum absolute atomic E-state index is 12.4. The van der Waals surface area contributed by atoms with Crippen LogP contribution in [-0.2, 0) is 9.47 Å². The third kappa shape index (κ3) is 4.59. The van der Waals surface area contributed by atoms with Gasteiger partial charge in [0.15, 0.2) is 0 Å². The van der Waals surface area contributed by atoms with Crippen LogP contribution < -0.4 is 5.73 Å². The highest BCUT2D eigenvalue weighted by Crippen LogP contribution is 2.33.